The number of para-hydroxylation sites is 1. The topological polar surface area (TPSA) is 29.1 Å². The van der Waals surface area contributed by atoms with Gasteiger partial charge in [0.2, 0.25) is 0 Å². The lowest BCUT2D eigenvalue weighted by molar-refractivity contribution is 0.102. The van der Waals surface area contributed by atoms with Gasteiger partial charge < -0.3 is 5.32 Å². The smallest absolute Gasteiger partial charge is 0.255 e. The van der Waals surface area contributed by atoms with Crippen LogP contribution in [0.15, 0.2) is 42.5 Å². The van der Waals surface area contributed by atoms with Crippen molar-refractivity contribution in [3.05, 3.63) is 64.7 Å². The molecule has 0 bridgehead atoms. The summed E-state index contributed by atoms with van der Waals surface area (Å²) in [5.74, 6) is 0.941. The van der Waals surface area contributed by atoms with Crippen LogP contribution >= 0.6 is 23.2 Å². The van der Waals surface area contributed by atoms with E-state index in [1.54, 1.807) is 0 Å². The molecule has 0 atom stereocenters. The summed E-state index contributed by atoms with van der Waals surface area (Å²) in [5, 5.41) is 2.97. The Bertz CT molecular complexity index is 655. The summed E-state index contributed by atoms with van der Waals surface area (Å²) in [4.78, 5) is 12.6. The third-order valence-corrected chi connectivity index (χ3v) is 3.93. The SMILES string of the molecule is Cc1ccccc1NC(=O)c1ccc(CCCl)cc1CCCl. The lowest BCUT2D eigenvalue weighted by atomic mass is 10.00. The molecular weight excluding hydrogens is 317 g/mol. The number of hydrogen-bond acceptors (Lipinski definition) is 1. The van der Waals surface area contributed by atoms with Crippen LogP contribution in [-0.4, -0.2) is 17.7 Å². The second-order valence-electron chi connectivity index (χ2n) is 5.14. The first-order chi connectivity index (χ1) is 10.7. The number of amides is 1. The average Bonchev–Trinajstić information content (AvgIpc) is 2.50. The van der Waals surface area contributed by atoms with Crippen molar-refractivity contribution >= 4 is 34.8 Å². The molecule has 22 heavy (non-hydrogen) atoms. The fraction of sp³-hybridized carbons (Fsp3) is 0.278. The number of hydrogen-bond donors (Lipinski definition) is 1. The monoisotopic (exact) mass is 335 g/mol. The molecule has 0 aliphatic heterocycles. The number of rotatable bonds is 6. The van der Waals surface area contributed by atoms with Crippen LogP contribution in [0.5, 0.6) is 0 Å². The van der Waals surface area contributed by atoms with Crippen LogP contribution in [0.1, 0.15) is 27.0 Å². The van der Waals surface area contributed by atoms with Crippen molar-refractivity contribution in [3.63, 3.8) is 0 Å². The predicted molar refractivity (Wildman–Crippen MR) is 94.4 cm³/mol. The van der Waals surface area contributed by atoms with Crippen LogP contribution in [0, 0.1) is 6.92 Å². The Morgan fingerprint density at radius 3 is 2.45 bits per heavy atom. The molecule has 0 aromatic heterocycles. The lowest BCUT2D eigenvalue weighted by Gasteiger charge is -2.12. The molecule has 0 spiro atoms. The molecule has 0 radical (unpaired) electrons. The summed E-state index contributed by atoms with van der Waals surface area (Å²) >= 11 is 11.7. The maximum atomic E-state index is 12.6. The molecule has 116 valence electrons. The van der Waals surface area contributed by atoms with E-state index in [0.717, 1.165) is 28.8 Å². The molecule has 0 unspecified atom stereocenters. The van der Waals surface area contributed by atoms with Crippen LogP contribution in [0.25, 0.3) is 0 Å². The van der Waals surface area contributed by atoms with Crippen LogP contribution in [0.2, 0.25) is 0 Å². The van der Waals surface area contributed by atoms with Crippen molar-refractivity contribution in [3.8, 4) is 0 Å². The van der Waals surface area contributed by atoms with Gasteiger partial charge in [0.15, 0.2) is 0 Å². The van der Waals surface area contributed by atoms with Crippen molar-refractivity contribution in [1.29, 1.82) is 0 Å². The molecular formula is C18H19Cl2NO. The third kappa shape index (κ3) is 4.25. The molecule has 0 fully saturated rings. The van der Waals surface area contributed by atoms with Crippen molar-refractivity contribution in [2.45, 2.75) is 19.8 Å². The Morgan fingerprint density at radius 2 is 1.77 bits per heavy atom. The van der Waals surface area contributed by atoms with E-state index in [-0.39, 0.29) is 5.91 Å². The van der Waals surface area contributed by atoms with E-state index in [1.165, 1.54) is 0 Å². The van der Waals surface area contributed by atoms with E-state index < -0.39 is 0 Å². The van der Waals surface area contributed by atoms with Gasteiger partial charge in [-0.15, -0.1) is 23.2 Å². The van der Waals surface area contributed by atoms with Gasteiger partial charge in [0.1, 0.15) is 0 Å². The second kappa shape index (κ2) is 8.21. The molecule has 0 saturated carbocycles. The standard InChI is InChI=1S/C18H19Cl2NO/c1-13-4-2-3-5-17(13)21-18(22)16-7-6-14(8-10-19)12-15(16)9-11-20/h2-7,12H,8-11H2,1H3,(H,21,22). The van der Waals surface area contributed by atoms with E-state index in [2.05, 4.69) is 5.32 Å². The fourth-order valence-electron chi connectivity index (χ4n) is 2.34. The van der Waals surface area contributed by atoms with Gasteiger partial charge in [0.05, 0.1) is 0 Å². The van der Waals surface area contributed by atoms with Crippen molar-refractivity contribution < 1.29 is 4.79 Å². The van der Waals surface area contributed by atoms with E-state index in [9.17, 15) is 4.79 Å². The predicted octanol–water partition coefficient (Wildman–Crippen LogP) is 4.81. The number of halogens is 2. The molecule has 0 saturated heterocycles. The van der Waals surface area contributed by atoms with Crippen LogP contribution < -0.4 is 5.32 Å². The fourth-order valence-corrected chi connectivity index (χ4v) is 2.77. The Balaban J connectivity index is 2.26. The summed E-state index contributed by atoms with van der Waals surface area (Å²) in [6, 6.07) is 13.6. The van der Waals surface area contributed by atoms with Crippen LogP contribution in [0.3, 0.4) is 0 Å². The zero-order chi connectivity index (χ0) is 15.9. The number of alkyl halides is 2. The molecule has 4 heteroatoms. The number of aryl methyl sites for hydroxylation is 3. The lowest BCUT2D eigenvalue weighted by Crippen LogP contribution is -2.15. The van der Waals surface area contributed by atoms with Gasteiger partial charge in [-0.25, -0.2) is 0 Å². The zero-order valence-corrected chi connectivity index (χ0v) is 14.0. The molecule has 0 aliphatic rings. The van der Waals surface area contributed by atoms with E-state index in [4.69, 9.17) is 23.2 Å². The minimum Gasteiger partial charge on any atom is -0.322 e. The van der Waals surface area contributed by atoms with Gasteiger partial charge in [-0.1, -0.05) is 30.3 Å². The molecule has 2 nitrogen and oxygen atoms in total. The minimum absolute atomic E-state index is 0.105. The molecule has 2 rings (SSSR count). The molecule has 0 heterocycles. The molecule has 0 aliphatic carbocycles. The summed E-state index contributed by atoms with van der Waals surface area (Å²) < 4.78 is 0. The number of anilines is 1. The Labute approximate surface area is 141 Å². The summed E-state index contributed by atoms with van der Waals surface area (Å²) in [6.07, 6.45) is 1.45. The van der Waals surface area contributed by atoms with Gasteiger partial charge >= 0.3 is 0 Å². The van der Waals surface area contributed by atoms with Crippen LogP contribution in [-0.2, 0) is 12.8 Å². The van der Waals surface area contributed by atoms with Crippen molar-refractivity contribution in [1.82, 2.24) is 0 Å². The first-order valence-electron chi connectivity index (χ1n) is 7.26. The number of nitrogens with one attached hydrogen (secondary N) is 1. The first kappa shape index (κ1) is 16.9. The maximum absolute atomic E-state index is 12.6. The zero-order valence-electron chi connectivity index (χ0n) is 12.5. The summed E-state index contributed by atoms with van der Waals surface area (Å²) in [5.41, 5.74) is 4.62. The quantitative estimate of drug-likeness (QED) is 0.754. The highest BCUT2D eigenvalue weighted by Gasteiger charge is 2.13. The number of carbonyl (C=O) groups excluding carboxylic acids is 1. The summed E-state index contributed by atoms with van der Waals surface area (Å²) in [6.45, 7) is 1.97. The van der Waals surface area contributed by atoms with Gasteiger partial charge in [0, 0.05) is 23.0 Å². The highest BCUT2D eigenvalue weighted by Crippen LogP contribution is 2.19. The van der Waals surface area contributed by atoms with Gasteiger partial charge in [-0.3, -0.25) is 4.79 Å². The number of benzene rings is 2. The Morgan fingerprint density at radius 1 is 1.05 bits per heavy atom. The molecule has 1 N–H and O–H groups in total. The highest BCUT2D eigenvalue weighted by atomic mass is 35.5. The minimum atomic E-state index is -0.105. The van der Waals surface area contributed by atoms with Gasteiger partial charge in [-0.05, 0) is 48.6 Å². The number of carbonyl (C=O) groups is 1. The van der Waals surface area contributed by atoms with E-state index in [0.29, 0.717) is 23.7 Å². The van der Waals surface area contributed by atoms with Gasteiger partial charge in [0.25, 0.3) is 5.91 Å². The first-order valence-corrected chi connectivity index (χ1v) is 8.33. The van der Waals surface area contributed by atoms with Gasteiger partial charge in [-0.2, -0.15) is 0 Å². The third-order valence-electron chi connectivity index (χ3n) is 3.55. The van der Waals surface area contributed by atoms with Crippen LogP contribution in [0.4, 0.5) is 5.69 Å². The Kier molecular flexibility index (Phi) is 6.29. The largest absolute Gasteiger partial charge is 0.322 e. The van der Waals surface area contributed by atoms with E-state index in [1.807, 2.05) is 49.4 Å². The molecule has 2 aromatic carbocycles. The van der Waals surface area contributed by atoms with Crippen molar-refractivity contribution in [2.24, 2.45) is 0 Å². The normalized spacial score (nSPS) is 10.5. The van der Waals surface area contributed by atoms with E-state index >= 15 is 0 Å². The second-order valence-corrected chi connectivity index (χ2v) is 5.89. The maximum Gasteiger partial charge on any atom is 0.255 e. The molecule has 2 aromatic rings. The van der Waals surface area contributed by atoms with Crippen molar-refractivity contribution in [2.75, 3.05) is 17.1 Å². The average molecular weight is 336 g/mol. The highest BCUT2D eigenvalue weighted by molar-refractivity contribution is 6.18. The molecule has 1 amide bonds. The summed E-state index contributed by atoms with van der Waals surface area (Å²) in [7, 11) is 0. The Hall–Kier alpha value is -1.51.